The first kappa shape index (κ1) is 27.5. The van der Waals surface area contributed by atoms with Crippen molar-refractivity contribution in [2.24, 2.45) is 0 Å². The predicted octanol–water partition coefficient (Wildman–Crippen LogP) is 8.76. The van der Waals surface area contributed by atoms with Crippen molar-refractivity contribution in [1.82, 2.24) is 9.97 Å². The second-order valence-electron chi connectivity index (χ2n) is 11.5. The minimum absolute atomic E-state index is 0.268. The molecule has 0 aliphatic heterocycles. The first-order chi connectivity index (χ1) is 18.8. The molecule has 0 unspecified atom stereocenters. The number of H-pyrrole nitrogens is 1. The van der Waals surface area contributed by atoms with Gasteiger partial charge in [-0.2, -0.15) is 13.2 Å². The van der Waals surface area contributed by atoms with E-state index in [0.29, 0.717) is 11.2 Å². The second-order valence-corrected chi connectivity index (χ2v) is 11.5. The number of alkyl halides is 3. The van der Waals surface area contributed by atoms with Crippen LogP contribution in [0.1, 0.15) is 78.5 Å². The molecule has 1 aromatic heterocycles. The van der Waals surface area contributed by atoms with E-state index in [2.05, 4.69) is 56.3 Å². The topological polar surface area (TPSA) is 69.8 Å². The number of carbonyl (C=O) groups excluding carboxylic acids is 1. The minimum atomic E-state index is -4.65. The van der Waals surface area contributed by atoms with Crippen LogP contribution in [0.25, 0.3) is 16.7 Å². The summed E-state index contributed by atoms with van der Waals surface area (Å²) in [6.45, 7) is 10.3. The summed E-state index contributed by atoms with van der Waals surface area (Å²) < 4.78 is 40.9. The number of aryl methyl sites for hydroxylation is 1. The number of amides is 1. The number of anilines is 2. The maximum Gasteiger partial charge on any atom is 0.417 e. The lowest BCUT2D eigenvalue weighted by Crippen LogP contribution is -2.19. The highest BCUT2D eigenvalue weighted by Gasteiger charge is 2.35. The van der Waals surface area contributed by atoms with Gasteiger partial charge in [0.15, 0.2) is 0 Å². The zero-order valence-electron chi connectivity index (χ0n) is 23.3. The molecule has 1 heterocycles. The number of allylic oxidation sites excluding steroid dienone is 1. The molecule has 4 aromatic rings. The van der Waals surface area contributed by atoms with Gasteiger partial charge in [0.05, 0.1) is 22.2 Å². The molecule has 5 nitrogen and oxygen atoms in total. The summed E-state index contributed by atoms with van der Waals surface area (Å²) >= 11 is 0. The highest BCUT2D eigenvalue weighted by molar-refractivity contribution is 6.07. The lowest BCUT2D eigenvalue weighted by atomic mass is 9.87. The van der Waals surface area contributed by atoms with Gasteiger partial charge in [-0.3, -0.25) is 4.79 Å². The highest BCUT2D eigenvalue weighted by atomic mass is 19.4. The van der Waals surface area contributed by atoms with E-state index in [4.69, 9.17) is 4.98 Å². The fourth-order valence-corrected chi connectivity index (χ4v) is 4.83. The molecule has 3 aromatic carbocycles. The third-order valence-corrected chi connectivity index (χ3v) is 7.48. The fourth-order valence-electron chi connectivity index (χ4n) is 4.83. The fraction of sp³-hybridized carbons (Fsp3) is 0.312. The SMILES string of the molecule is Cc1cccc(NC(=C2CCC2)c2cc(NC(=O)c3ccccc3C(F)(F)F)cc3[nH]c(C(C)(C)C)nc23)c1C. The summed E-state index contributed by atoms with van der Waals surface area (Å²) in [6.07, 6.45) is -1.71. The lowest BCUT2D eigenvalue weighted by Gasteiger charge is -2.25. The van der Waals surface area contributed by atoms with E-state index in [1.54, 1.807) is 6.07 Å². The van der Waals surface area contributed by atoms with E-state index in [-0.39, 0.29) is 5.41 Å². The zero-order valence-corrected chi connectivity index (χ0v) is 23.3. The van der Waals surface area contributed by atoms with E-state index >= 15 is 0 Å². The normalized spacial score (nSPS) is 13.8. The molecule has 40 heavy (non-hydrogen) atoms. The Morgan fingerprint density at radius 1 is 0.925 bits per heavy atom. The molecule has 5 rings (SSSR count). The number of nitrogens with one attached hydrogen (secondary N) is 3. The average Bonchev–Trinajstić information content (AvgIpc) is 3.29. The van der Waals surface area contributed by atoms with Crippen molar-refractivity contribution in [2.45, 2.75) is 65.5 Å². The Morgan fingerprint density at radius 2 is 1.65 bits per heavy atom. The van der Waals surface area contributed by atoms with Crippen LogP contribution in [0.3, 0.4) is 0 Å². The molecule has 0 saturated heterocycles. The van der Waals surface area contributed by atoms with E-state index in [9.17, 15) is 18.0 Å². The molecule has 1 fully saturated rings. The van der Waals surface area contributed by atoms with E-state index < -0.39 is 23.2 Å². The van der Waals surface area contributed by atoms with Crippen LogP contribution in [0.2, 0.25) is 0 Å². The van der Waals surface area contributed by atoms with Crippen molar-refractivity contribution in [2.75, 3.05) is 10.6 Å². The van der Waals surface area contributed by atoms with Crippen LogP contribution in [0.5, 0.6) is 0 Å². The van der Waals surface area contributed by atoms with E-state index in [1.807, 2.05) is 18.2 Å². The molecular weight excluding hydrogens is 513 g/mol. The summed E-state index contributed by atoms with van der Waals surface area (Å²) in [5.74, 6) is -0.0477. The maximum atomic E-state index is 13.6. The van der Waals surface area contributed by atoms with Crippen LogP contribution < -0.4 is 10.6 Å². The van der Waals surface area contributed by atoms with Crippen molar-refractivity contribution in [3.63, 3.8) is 0 Å². The van der Waals surface area contributed by atoms with Crippen LogP contribution in [0.15, 0.2) is 60.2 Å². The second kappa shape index (κ2) is 10.2. The average molecular weight is 547 g/mol. The van der Waals surface area contributed by atoms with Gasteiger partial charge in [-0.1, -0.05) is 45.0 Å². The van der Waals surface area contributed by atoms with E-state index in [0.717, 1.165) is 64.7 Å². The summed E-state index contributed by atoms with van der Waals surface area (Å²) in [5, 5.41) is 6.38. The molecule has 1 aliphatic carbocycles. The smallest absolute Gasteiger partial charge is 0.355 e. The summed E-state index contributed by atoms with van der Waals surface area (Å²) in [6, 6.07) is 14.4. The Labute approximate surface area is 231 Å². The monoisotopic (exact) mass is 546 g/mol. The van der Waals surface area contributed by atoms with Crippen LogP contribution >= 0.6 is 0 Å². The van der Waals surface area contributed by atoms with Gasteiger partial charge in [-0.05, 0) is 80.1 Å². The van der Waals surface area contributed by atoms with Gasteiger partial charge >= 0.3 is 6.18 Å². The molecule has 1 saturated carbocycles. The molecule has 0 spiro atoms. The van der Waals surface area contributed by atoms with Gasteiger partial charge in [0, 0.05) is 28.1 Å². The van der Waals surface area contributed by atoms with Crippen molar-refractivity contribution >= 4 is 34.0 Å². The van der Waals surface area contributed by atoms with Gasteiger partial charge in [-0.15, -0.1) is 0 Å². The third kappa shape index (κ3) is 5.35. The quantitative estimate of drug-likeness (QED) is 0.234. The Bertz CT molecular complexity index is 1630. The van der Waals surface area contributed by atoms with Gasteiger partial charge < -0.3 is 15.6 Å². The summed E-state index contributed by atoms with van der Waals surface area (Å²) in [7, 11) is 0. The van der Waals surface area contributed by atoms with Gasteiger partial charge in [-0.25, -0.2) is 4.98 Å². The molecular formula is C32H33F3N4O. The zero-order chi connectivity index (χ0) is 28.8. The van der Waals surface area contributed by atoms with Crippen molar-refractivity contribution in [3.05, 3.63) is 93.8 Å². The van der Waals surface area contributed by atoms with Gasteiger partial charge in [0.1, 0.15) is 5.82 Å². The predicted molar refractivity (Wildman–Crippen MR) is 155 cm³/mol. The number of carbonyl (C=O) groups is 1. The third-order valence-electron chi connectivity index (χ3n) is 7.48. The molecule has 0 radical (unpaired) electrons. The maximum absolute atomic E-state index is 13.6. The Kier molecular flexibility index (Phi) is 6.98. The number of hydrogen-bond donors (Lipinski definition) is 3. The van der Waals surface area contributed by atoms with E-state index in [1.165, 1.54) is 23.8 Å². The number of benzene rings is 3. The van der Waals surface area contributed by atoms with Crippen LogP contribution in [0.4, 0.5) is 24.5 Å². The Hall–Kier alpha value is -4.07. The molecule has 0 bridgehead atoms. The van der Waals surface area contributed by atoms with Gasteiger partial charge in [0.2, 0.25) is 0 Å². The molecule has 1 aliphatic rings. The first-order valence-electron chi connectivity index (χ1n) is 13.4. The van der Waals surface area contributed by atoms with Crippen LogP contribution in [0, 0.1) is 13.8 Å². The summed E-state index contributed by atoms with van der Waals surface area (Å²) in [4.78, 5) is 21.5. The van der Waals surface area contributed by atoms with Crippen molar-refractivity contribution < 1.29 is 18.0 Å². The Balaban J connectivity index is 1.65. The number of aromatic amines is 1. The number of nitrogens with zero attached hydrogens (tertiary/aromatic N) is 1. The largest absolute Gasteiger partial charge is 0.417 e. The first-order valence-corrected chi connectivity index (χ1v) is 13.4. The van der Waals surface area contributed by atoms with Crippen molar-refractivity contribution in [1.29, 1.82) is 0 Å². The number of aromatic nitrogens is 2. The minimum Gasteiger partial charge on any atom is -0.355 e. The number of halogens is 3. The van der Waals surface area contributed by atoms with Crippen molar-refractivity contribution in [3.8, 4) is 0 Å². The molecule has 208 valence electrons. The lowest BCUT2D eigenvalue weighted by molar-refractivity contribution is -0.137. The molecule has 3 N–H and O–H groups in total. The summed E-state index contributed by atoms with van der Waals surface area (Å²) in [5.41, 5.74) is 6.37. The number of hydrogen-bond acceptors (Lipinski definition) is 3. The van der Waals surface area contributed by atoms with Crippen LogP contribution in [-0.2, 0) is 11.6 Å². The number of rotatable bonds is 5. The standard InChI is InChI=1S/C32H33F3N4O/c1-18-10-8-15-25(19(18)2)37-27(20-11-9-12-20)23-16-21(17-26-28(23)39-30(38-26)31(3,4)5)36-29(40)22-13-6-7-14-24(22)32(33,34)35/h6-8,10,13-17,37H,9,11-12H2,1-5H3,(H,36,40)(H,38,39). The molecule has 8 heteroatoms. The number of fused-ring (bicyclic) bond motifs is 1. The highest BCUT2D eigenvalue weighted by Crippen LogP contribution is 2.39. The molecule has 0 atom stereocenters. The van der Waals surface area contributed by atoms with Crippen LogP contribution in [-0.4, -0.2) is 15.9 Å². The van der Waals surface area contributed by atoms with Gasteiger partial charge in [0.25, 0.3) is 5.91 Å². The Morgan fingerprint density at radius 3 is 2.30 bits per heavy atom. The molecule has 1 amide bonds. The number of imidazole rings is 1.